The molecule has 94 valence electrons. The van der Waals surface area contributed by atoms with Crippen molar-refractivity contribution in [1.29, 1.82) is 0 Å². The highest BCUT2D eigenvalue weighted by Gasteiger charge is 2.22. The summed E-state index contributed by atoms with van der Waals surface area (Å²) in [4.78, 5) is 4.29. The van der Waals surface area contributed by atoms with Crippen molar-refractivity contribution in [2.24, 2.45) is 5.92 Å². The fourth-order valence-corrected chi connectivity index (χ4v) is 2.29. The van der Waals surface area contributed by atoms with E-state index in [0.717, 1.165) is 31.6 Å². The van der Waals surface area contributed by atoms with Crippen LogP contribution >= 0.6 is 0 Å². The van der Waals surface area contributed by atoms with Gasteiger partial charge in [-0.05, 0) is 18.9 Å². The summed E-state index contributed by atoms with van der Waals surface area (Å²) in [5.41, 5.74) is 0. The van der Waals surface area contributed by atoms with E-state index in [4.69, 9.17) is 4.74 Å². The molecule has 1 aromatic heterocycles. The molecule has 2 atom stereocenters. The molecule has 0 saturated heterocycles. The van der Waals surface area contributed by atoms with E-state index in [2.05, 4.69) is 10.3 Å². The number of aromatic nitrogens is 1. The topological polar surface area (TPSA) is 54.4 Å². The van der Waals surface area contributed by atoms with Crippen LogP contribution in [0, 0.1) is 5.92 Å². The van der Waals surface area contributed by atoms with Gasteiger partial charge in [0.1, 0.15) is 5.82 Å². The Hall–Kier alpha value is -1.29. The summed E-state index contributed by atoms with van der Waals surface area (Å²) >= 11 is 0. The second-order valence-electron chi connectivity index (χ2n) is 4.56. The first kappa shape index (κ1) is 12.2. The molecular weight excluding hydrogens is 216 g/mol. The largest absolute Gasteiger partial charge is 0.481 e. The lowest BCUT2D eigenvalue weighted by Gasteiger charge is -2.27. The number of nitrogens with one attached hydrogen (secondary N) is 1. The molecule has 0 amide bonds. The maximum Gasteiger partial charge on any atom is 0.214 e. The zero-order chi connectivity index (χ0) is 12.1. The van der Waals surface area contributed by atoms with Crippen molar-refractivity contribution in [2.45, 2.75) is 31.8 Å². The maximum absolute atomic E-state index is 9.86. The summed E-state index contributed by atoms with van der Waals surface area (Å²) in [7, 11) is 1.61. The molecule has 1 saturated carbocycles. The van der Waals surface area contributed by atoms with E-state index in [9.17, 15) is 5.11 Å². The zero-order valence-corrected chi connectivity index (χ0v) is 10.2. The van der Waals surface area contributed by atoms with Crippen LogP contribution in [0.5, 0.6) is 5.88 Å². The van der Waals surface area contributed by atoms with Crippen molar-refractivity contribution in [2.75, 3.05) is 19.0 Å². The van der Waals surface area contributed by atoms with Gasteiger partial charge >= 0.3 is 0 Å². The normalized spacial score (nSPS) is 24.4. The van der Waals surface area contributed by atoms with Crippen LogP contribution in [0.3, 0.4) is 0 Å². The minimum Gasteiger partial charge on any atom is -0.481 e. The lowest BCUT2D eigenvalue weighted by atomic mass is 9.86. The van der Waals surface area contributed by atoms with E-state index in [1.165, 1.54) is 6.42 Å². The summed E-state index contributed by atoms with van der Waals surface area (Å²) in [5, 5.41) is 13.1. The van der Waals surface area contributed by atoms with Crippen molar-refractivity contribution in [1.82, 2.24) is 4.98 Å². The van der Waals surface area contributed by atoms with Crippen LogP contribution < -0.4 is 10.1 Å². The molecule has 1 aliphatic carbocycles. The van der Waals surface area contributed by atoms with E-state index in [0.29, 0.717) is 11.8 Å². The molecule has 2 rings (SSSR count). The second-order valence-corrected chi connectivity index (χ2v) is 4.56. The molecule has 0 aliphatic heterocycles. The predicted octanol–water partition coefficient (Wildman–Crippen LogP) is 2.05. The molecular formula is C13H20N2O2. The summed E-state index contributed by atoms with van der Waals surface area (Å²) in [6.07, 6.45) is 4.22. The number of hydrogen-bond acceptors (Lipinski definition) is 4. The van der Waals surface area contributed by atoms with Crippen LogP contribution in [0.1, 0.15) is 25.7 Å². The number of pyridine rings is 1. The highest BCUT2D eigenvalue weighted by Crippen LogP contribution is 2.24. The Balaban J connectivity index is 1.88. The Labute approximate surface area is 102 Å². The first-order chi connectivity index (χ1) is 8.29. The Morgan fingerprint density at radius 3 is 3.00 bits per heavy atom. The number of methoxy groups -OCH3 is 1. The molecule has 1 aromatic rings. The fraction of sp³-hybridized carbons (Fsp3) is 0.615. The Morgan fingerprint density at radius 1 is 1.41 bits per heavy atom. The molecule has 0 aromatic carbocycles. The van der Waals surface area contributed by atoms with Crippen LogP contribution in [0.15, 0.2) is 18.2 Å². The molecule has 2 unspecified atom stereocenters. The van der Waals surface area contributed by atoms with E-state index >= 15 is 0 Å². The molecule has 0 spiro atoms. The van der Waals surface area contributed by atoms with Gasteiger partial charge in [-0.25, -0.2) is 0 Å². The molecule has 1 aliphatic rings. The van der Waals surface area contributed by atoms with E-state index in [-0.39, 0.29) is 6.10 Å². The van der Waals surface area contributed by atoms with Crippen molar-refractivity contribution in [3.63, 3.8) is 0 Å². The standard InChI is InChI=1S/C13H20N2O2/c1-17-13-8-4-7-12(15-13)14-9-10-5-2-3-6-11(10)16/h4,7-8,10-11,16H,2-3,5-6,9H2,1H3,(H,14,15). The van der Waals surface area contributed by atoms with E-state index in [1.807, 2.05) is 18.2 Å². The number of rotatable bonds is 4. The SMILES string of the molecule is COc1cccc(NCC2CCCCC2O)n1. The Kier molecular flexibility index (Phi) is 4.20. The third-order valence-corrected chi connectivity index (χ3v) is 3.35. The van der Waals surface area contributed by atoms with Gasteiger partial charge < -0.3 is 15.2 Å². The zero-order valence-electron chi connectivity index (χ0n) is 10.2. The van der Waals surface area contributed by atoms with Crippen LogP contribution in [-0.4, -0.2) is 29.8 Å². The van der Waals surface area contributed by atoms with Gasteiger partial charge in [0, 0.05) is 18.5 Å². The summed E-state index contributed by atoms with van der Waals surface area (Å²) < 4.78 is 5.07. The first-order valence-corrected chi connectivity index (χ1v) is 6.22. The van der Waals surface area contributed by atoms with Crippen molar-refractivity contribution < 1.29 is 9.84 Å². The molecule has 1 fully saturated rings. The number of hydrogen-bond donors (Lipinski definition) is 2. The van der Waals surface area contributed by atoms with Gasteiger partial charge in [0.25, 0.3) is 0 Å². The monoisotopic (exact) mass is 236 g/mol. The van der Waals surface area contributed by atoms with Gasteiger partial charge in [-0.3, -0.25) is 0 Å². The number of aliphatic hydroxyl groups is 1. The quantitative estimate of drug-likeness (QED) is 0.840. The predicted molar refractivity (Wildman–Crippen MR) is 67.2 cm³/mol. The van der Waals surface area contributed by atoms with E-state index < -0.39 is 0 Å². The molecule has 4 nitrogen and oxygen atoms in total. The third-order valence-electron chi connectivity index (χ3n) is 3.35. The van der Waals surface area contributed by atoms with Crippen molar-refractivity contribution in [3.05, 3.63) is 18.2 Å². The first-order valence-electron chi connectivity index (χ1n) is 6.22. The van der Waals surface area contributed by atoms with Crippen LogP contribution in [0.4, 0.5) is 5.82 Å². The van der Waals surface area contributed by atoms with Crippen LogP contribution in [-0.2, 0) is 0 Å². The fourth-order valence-electron chi connectivity index (χ4n) is 2.29. The Morgan fingerprint density at radius 2 is 2.24 bits per heavy atom. The summed E-state index contributed by atoms with van der Waals surface area (Å²) in [6, 6.07) is 5.64. The van der Waals surface area contributed by atoms with Gasteiger partial charge in [0.2, 0.25) is 5.88 Å². The van der Waals surface area contributed by atoms with Crippen LogP contribution in [0.25, 0.3) is 0 Å². The average molecular weight is 236 g/mol. The molecule has 2 N–H and O–H groups in total. The lowest BCUT2D eigenvalue weighted by Crippen LogP contribution is -2.30. The summed E-state index contributed by atoms with van der Waals surface area (Å²) in [6.45, 7) is 0.779. The minimum absolute atomic E-state index is 0.165. The molecule has 0 radical (unpaired) electrons. The van der Waals surface area contributed by atoms with Gasteiger partial charge in [0.15, 0.2) is 0 Å². The van der Waals surface area contributed by atoms with Crippen LogP contribution in [0.2, 0.25) is 0 Å². The Bertz CT molecular complexity index is 357. The van der Waals surface area contributed by atoms with Gasteiger partial charge in [-0.15, -0.1) is 0 Å². The van der Waals surface area contributed by atoms with Gasteiger partial charge in [-0.2, -0.15) is 4.98 Å². The minimum atomic E-state index is -0.165. The van der Waals surface area contributed by atoms with Gasteiger partial charge in [0.05, 0.1) is 13.2 Å². The molecule has 1 heterocycles. The maximum atomic E-state index is 9.86. The van der Waals surface area contributed by atoms with Crippen molar-refractivity contribution in [3.8, 4) is 5.88 Å². The average Bonchev–Trinajstić information content (AvgIpc) is 2.38. The molecule has 0 bridgehead atoms. The smallest absolute Gasteiger partial charge is 0.214 e. The number of ether oxygens (including phenoxy) is 1. The second kappa shape index (κ2) is 5.87. The molecule has 17 heavy (non-hydrogen) atoms. The number of nitrogens with zero attached hydrogens (tertiary/aromatic N) is 1. The highest BCUT2D eigenvalue weighted by molar-refractivity contribution is 5.37. The molecule has 4 heteroatoms. The van der Waals surface area contributed by atoms with E-state index in [1.54, 1.807) is 7.11 Å². The van der Waals surface area contributed by atoms with Gasteiger partial charge in [-0.1, -0.05) is 18.9 Å². The highest BCUT2D eigenvalue weighted by atomic mass is 16.5. The third kappa shape index (κ3) is 3.33. The number of anilines is 1. The number of aliphatic hydroxyl groups excluding tert-OH is 1. The van der Waals surface area contributed by atoms with Crippen molar-refractivity contribution >= 4 is 5.82 Å². The summed E-state index contributed by atoms with van der Waals surface area (Å²) in [5.74, 6) is 1.76. The lowest BCUT2D eigenvalue weighted by molar-refractivity contribution is 0.0763.